The smallest absolute Gasteiger partial charge is 0.322 e. The highest BCUT2D eigenvalue weighted by Crippen LogP contribution is 2.36. The summed E-state index contributed by atoms with van der Waals surface area (Å²) >= 11 is 0. The molecule has 1 aliphatic rings. The Labute approximate surface area is 214 Å². The van der Waals surface area contributed by atoms with Crippen LogP contribution in [-0.4, -0.2) is 38.0 Å². The third-order valence-electron chi connectivity index (χ3n) is 6.84. The van der Waals surface area contributed by atoms with Gasteiger partial charge >= 0.3 is 6.03 Å². The van der Waals surface area contributed by atoms with E-state index in [9.17, 15) is 14.7 Å². The van der Waals surface area contributed by atoms with Crippen molar-refractivity contribution in [3.05, 3.63) is 65.6 Å². The molecular formula is C28H27N5O4. The highest BCUT2D eigenvalue weighted by atomic mass is 16.5. The van der Waals surface area contributed by atoms with Gasteiger partial charge in [0, 0.05) is 35.3 Å². The zero-order valence-corrected chi connectivity index (χ0v) is 21.0. The summed E-state index contributed by atoms with van der Waals surface area (Å²) in [6.45, 7) is 5.93. The molecule has 3 N–H and O–H groups in total. The number of urea groups is 1. The zero-order valence-electron chi connectivity index (χ0n) is 21.0. The maximum Gasteiger partial charge on any atom is 0.322 e. The number of aryl methyl sites for hydroxylation is 2. The fraction of sp³-hybridized carbons (Fsp3) is 0.250. The number of hydrogen-bond acceptors (Lipinski definition) is 5. The number of amides is 3. The van der Waals surface area contributed by atoms with Gasteiger partial charge in [-0.05, 0) is 50.1 Å². The van der Waals surface area contributed by atoms with Crippen molar-refractivity contribution < 1.29 is 19.4 Å². The molecule has 1 atom stereocenters. The van der Waals surface area contributed by atoms with E-state index in [2.05, 4.69) is 27.6 Å². The highest BCUT2D eigenvalue weighted by molar-refractivity contribution is 6.07. The first-order chi connectivity index (χ1) is 17.7. The molecule has 0 bridgehead atoms. The van der Waals surface area contributed by atoms with Gasteiger partial charge in [0.2, 0.25) is 0 Å². The van der Waals surface area contributed by atoms with Crippen LogP contribution in [0.3, 0.4) is 0 Å². The van der Waals surface area contributed by atoms with Crippen molar-refractivity contribution >= 4 is 22.7 Å². The average Bonchev–Trinajstić information content (AvgIpc) is 3.44. The third-order valence-corrected chi connectivity index (χ3v) is 6.84. The molecule has 9 heteroatoms. The standard InChI is InChI=1S/C28H27N5O4/c1-5-6-13-37-22-12-9-20-15-33(25(34)23(20)14-22)16-28(26(35)29-27(36)30-28)21-10-7-19(8-11-21)24-17(2)31-32(4)18(24)3/h7-12,14-15,34H,13,16H2,1-4H3,(H2,29,30,35,36)/t28-/m0/s1. The number of imide groups is 1. The largest absolute Gasteiger partial charge is 0.494 e. The third kappa shape index (κ3) is 4.06. The number of carbonyl (C=O) groups is 2. The number of nitrogens with zero attached hydrogens (tertiary/aromatic N) is 3. The molecule has 5 rings (SSSR count). The fourth-order valence-corrected chi connectivity index (χ4v) is 4.89. The van der Waals surface area contributed by atoms with Crippen LogP contribution in [0.15, 0.2) is 48.7 Å². The number of aromatic nitrogens is 3. The van der Waals surface area contributed by atoms with Gasteiger partial charge in [0.1, 0.15) is 12.4 Å². The minimum absolute atomic E-state index is 0.00706. The predicted molar refractivity (Wildman–Crippen MR) is 139 cm³/mol. The second-order valence-corrected chi connectivity index (χ2v) is 9.11. The summed E-state index contributed by atoms with van der Waals surface area (Å²) in [5.41, 5.74) is 3.11. The number of rotatable bonds is 6. The predicted octanol–water partition coefficient (Wildman–Crippen LogP) is 3.50. The number of fused-ring (bicyclic) bond motifs is 1. The van der Waals surface area contributed by atoms with Gasteiger partial charge in [-0.2, -0.15) is 5.10 Å². The highest BCUT2D eigenvalue weighted by Gasteiger charge is 2.48. The van der Waals surface area contributed by atoms with Crippen molar-refractivity contribution in [3.63, 3.8) is 0 Å². The van der Waals surface area contributed by atoms with Crippen molar-refractivity contribution in [1.82, 2.24) is 25.0 Å². The van der Waals surface area contributed by atoms with Gasteiger partial charge in [0.05, 0.1) is 12.2 Å². The van der Waals surface area contributed by atoms with Crippen LogP contribution >= 0.6 is 0 Å². The molecule has 2 aromatic heterocycles. The quantitative estimate of drug-likeness (QED) is 0.279. The Morgan fingerprint density at radius 2 is 1.89 bits per heavy atom. The van der Waals surface area contributed by atoms with Gasteiger partial charge in [0.25, 0.3) is 5.91 Å². The van der Waals surface area contributed by atoms with Crippen LogP contribution in [0.1, 0.15) is 23.9 Å². The maximum absolute atomic E-state index is 13.2. The normalized spacial score (nSPS) is 16.9. The molecule has 0 aliphatic carbocycles. The van der Waals surface area contributed by atoms with Gasteiger partial charge in [-0.25, -0.2) is 4.79 Å². The number of carbonyl (C=O) groups excluding carboxylic acids is 2. The zero-order chi connectivity index (χ0) is 26.3. The molecule has 3 heterocycles. The number of ether oxygens (including phenoxy) is 1. The van der Waals surface area contributed by atoms with Crippen LogP contribution in [0.25, 0.3) is 21.9 Å². The van der Waals surface area contributed by atoms with E-state index in [4.69, 9.17) is 4.74 Å². The molecule has 0 saturated carbocycles. The van der Waals surface area contributed by atoms with Gasteiger partial charge < -0.3 is 19.7 Å². The summed E-state index contributed by atoms with van der Waals surface area (Å²) in [5, 5.41) is 22.0. The number of benzene rings is 2. The topological polar surface area (TPSA) is 110 Å². The number of nitrogens with one attached hydrogen (secondary N) is 2. The van der Waals surface area contributed by atoms with Crippen LogP contribution < -0.4 is 15.4 Å². The van der Waals surface area contributed by atoms with Crippen molar-refractivity contribution in [2.45, 2.75) is 32.9 Å². The lowest BCUT2D eigenvalue weighted by molar-refractivity contribution is -0.124. The lowest BCUT2D eigenvalue weighted by Crippen LogP contribution is -2.47. The summed E-state index contributed by atoms with van der Waals surface area (Å²) in [4.78, 5) is 25.5. The van der Waals surface area contributed by atoms with E-state index in [1.54, 1.807) is 29.8 Å². The number of aromatic hydroxyl groups is 1. The maximum atomic E-state index is 13.2. The fourth-order valence-electron chi connectivity index (χ4n) is 4.89. The molecule has 2 aromatic carbocycles. The summed E-state index contributed by atoms with van der Waals surface area (Å²) in [6, 6.07) is 12.3. The van der Waals surface area contributed by atoms with Crippen molar-refractivity contribution in [2.24, 2.45) is 7.05 Å². The van der Waals surface area contributed by atoms with Crippen LogP contribution in [0.5, 0.6) is 11.6 Å². The van der Waals surface area contributed by atoms with Crippen molar-refractivity contribution in [2.75, 3.05) is 6.61 Å². The first-order valence-corrected chi connectivity index (χ1v) is 11.8. The average molecular weight is 498 g/mol. The Bertz CT molecular complexity index is 1600. The Kier molecular flexibility index (Phi) is 5.88. The summed E-state index contributed by atoms with van der Waals surface area (Å²) < 4.78 is 9.01. The Hall–Kier alpha value is -4.71. The van der Waals surface area contributed by atoms with Gasteiger partial charge in [-0.1, -0.05) is 30.2 Å². The number of hydrogen-bond donors (Lipinski definition) is 3. The molecule has 1 saturated heterocycles. The van der Waals surface area contributed by atoms with E-state index in [0.29, 0.717) is 16.7 Å². The lowest BCUT2D eigenvalue weighted by atomic mass is 9.88. The van der Waals surface area contributed by atoms with Crippen molar-refractivity contribution in [1.29, 1.82) is 0 Å². The second kappa shape index (κ2) is 9.06. The SMILES string of the molecule is CC#CCOc1ccc2cn(C[C@@]3(c4ccc(-c5c(C)nn(C)c5C)cc4)NC(=O)NC3=O)c(O)c2c1. The molecule has 0 unspecified atom stereocenters. The molecule has 1 fully saturated rings. The molecule has 9 nitrogen and oxygen atoms in total. The molecule has 188 valence electrons. The molecule has 0 radical (unpaired) electrons. The van der Waals surface area contributed by atoms with E-state index in [1.807, 2.05) is 55.9 Å². The first kappa shape index (κ1) is 24.0. The lowest BCUT2D eigenvalue weighted by Gasteiger charge is -2.27. The molecule has 1 aliphatic heterocycles. The van der Waals surface area contributed by atoms with Crippen molar-refractivity contribution in [3.8, 4) is 34.6 Å². The summed E-state index contributed by atoms with van der Waals surface area (Å²) in [7, 11) is 1.90. The van der Waals surface area contributed by atoms with Crippen LogP contribution in [0, 0.1) is 25.7 Å². The summed E-state index contributed by atoms with van der Waals surface area (Å²) in [6.07, 6.45) is 1.75. The minimum Gasteiger partial charge on any atom is -0.494 e. The Morgan fingerprint density at radius 3 is 2.51 bits per heavy atom. The van der Waals surface area contributed by atoms with E-state index in [0.717, 1.165) is 27.9 Å². The summed E-state index contributed by atoms with van der Waals surface area (Å²) in [5.74, 6) is 5.66. The van der Waals surface area contributed by atoms with Crippen LogP contribution in [0.2, 0.25) is 0 Å². The minimum atomic E-state index is -1.41. The molecule has 3 amide bonds. The van der Waals surface area contributed by atoms with E-state index < -0.39 is 17.5 Å². The van der Waals surface area contributed by atoms with Gasteiger partial charge in [-0.15, -0.1) is 5.92 Å². The van der Waals surface area contributed by atoms with Gasteiger partial charge in [-0.3, -0.25) is 14.8 Å². The van der Waals surface area contributed by atoms with Crippen LogP contribution in [0.4, 0.5) is 4.79 Å². The molecular weight excluding hydrogens is 470 g/mol. The molecule has 4 aromatic rings. The Morgan fingerprint density at radius 1 is 1.14 bits per heavy atom. The second-order valence-electron chi connectivity index (χ2n) is 9.11. The molecule has 37 heavy (non-hydrogen) atoms. The first-order valence-electron chi connectivity index (χ1n) is 11.8. The monoisotopic (exact) mass is 497 g/mol. The van der Waals surface area contributed by atoms with E-state index in [1.165, 1.54) is 0 Å². The van der Waals surface area contributed by atoms with Crippen LogP contribution in [-0.2, 0) is 23.9 Å². The van der Waals surface area contributed by atoms with E-state index in [-0.39, 0.29) is 19.0 Å². The Balaban J connectivity index is 1.52. The van der Waals surface area contributed by atoms with Gasteiger partial charge in [0.15, 0.2) is 11.4 Å². The molecule has 0 spiro atoms. The van der Waals surface area contributed by atoms with E-state index >= 15 is 0 Å².